The average molecular weight is 586 g/mol. The normalized spacial score (nSPS) is 13.1. The summed E-state index contributed by atoms with van der Waals surface area (Å²) in [6.45, 7) is 6.69. The van der Waals surface area contributed by atoms with E-state index < -0.39 is 17.5 Å². The zero-order chi connectivity index (χ0) is 30.9. The van der Waals surface area contributed by atoms with Crippen molar-refractivity contribution in [2.24, 2.45) is 0 Å². The van der Waals surface area contributed by atoms with Gasteiger partial charge in [-0.1, -0.05) is 85.4 Å². The molecule has 5 nitrogen and oxygen atoms in total. The van der Waals surface area contributed by atoms with Crippen LogP contribution in [0.3, 0.4) is 0 Å². The van der Waals surface area contributed by atoms with E-state index in [4.69, 9.17) is 4.42 Å². The fourth-order valence-electron chi connectivity index (χ4n) is 5.02. The molecule has 1 atom stereocenters. The van der Waals surface area contributed by atoms with Gasteiger partial charge in [0.2, 0.25) is 5.76 Å². The lowest BCUT2D eigenvalue weighted by Gasteiger charge is -2.24. The highest BCUT2D eigenvalue weighted by atomic mass is 19.4. The molecule has 2 N–H and O–H groups in total. The summed E-state index contributed by atoms with van der Waals surface area (Å²) in [6.07, 6.45) is -4.63. The molecule has 1 heterocycles. The van der Waals surface area contributed by atoms with Gasteiger partial charge in [-0.15, -0.1) is 0 Å². The van der Waals surface area contributed by atoms with E-state index in [1.807, 2.05) is 73.7 Å². The van der Waals surface area contributed by atoms with Crippen LogP contribution in [-0.2, 0) is 24.9 Å². The Morgan fingerprint density at radius 1 is 0.884 bits per heavy atom. The van der Waals surface area contributed by atoms with E-state index in [9.17, 15) is 28.2 Å². The van der Waals surface area contributed by atoms with Crippen molar-refractivity contribution in [1.82, 2.24) is 4.90 Å². The number of hydrogen-bond donors (Lipinski definition) is 2. The van der Waals surface area contributed by atoms with Crippen LogP contribution in [0.2, 0.25) is 0 Å². The third-order valence-corrected chi connectivity index (χ3v) is 7.57. The number of amides is 1. The molecule has 5 rings (SSSR count). The highest BCUT2D eigenvalue weighted by Gasteiger charge is 2.35. The number of nitrogens with zero attached hydrogens (tertiary/aromatic N) is 1. The van der Waals surface area contributed by atoms with Gasteiger partial charge in [0, 0.05) is 6.54 Å². The van der Waals surface area contributed by atoms with E-state index in [0.717, 1.165) is 39.1 Å². The first-order chi connectivity index (χ1) is 20.3. The van der Waals surface area contributed by atoms with E-state index in [1.54, 1.807) is 18.2 Å². The molecule has 5 aromatic rings. The Bertz CT molecular complexity index is 1800. The van der Waals surface area contributed by atoms with Gasteiger partial charge in [0.25, 0.3) is 5.91 Å². The first kappa shape index (κ1) is 29.7. The zero-order valence-electron chi connectivity index (χ0n) is 23.7. The van der Waals surface area contributed by atoms with E-state index >= 15 is 0 Å². The molecule has 0 fully saturated rings. The van der Waals surface area contributed by atoms with Crippen molar-refractivity contribution in [3.8, 4) is 11.1 Å². The van der Waals surface area contributed by atoms with Gasteiger partial charge < -0.3 is 19.5 Å². The van der Waals surface area contributed by atoms with Gasteiger partial charge in [-0.3, -0.25) is 4.79 Å². The summed E-state index contributed by atoms with van der Waals surface area (Å²) < 4.78 is 44.8. The number of aliphatic hydroxyl groups is 2. The standard InChI is InChI=1S/C35H30F3NO4/c1-22-11-14-26-7-4-5-10-30(26)32(22)33(41)39(21-29-17-18-31(43-29)35(36,37)38)20-24-12-15-25(16-13-24)27-8-6-9-28(19-27)34(3,42)23(2)40/h4-19,40,42H,2,20-21H2,1,3H3/t34-/m0/s1. The number of hydrogen-bond acceptors (Lipinski definition) is 4. The van der Waals surface area contributed by atoms with Crippen molar-refractivity contribution < 1.29 is 32.6 Å². The number of fused-ring (bicyclic) bond motifs is 1. The maximum atomic E-state index is 14.1. The molecule has 0 aliphatic carbocycles. The number of carbonyl (C=O) groups is 1. The highest BCUT2D eigenvalue weighted by Crippen LogP contribution is 2.33. The van der Waals surface area contributed by atoms with Crippen molar-refractivity contribution in [1.29, 1.82) is 0 Å². The average Bonchev–Trinajstić information content (AvgIpc) is 3.46. The minimum absolute atomic E-state index is 0.0181. The summed E-state index contributed by atoms with van der Waals surface area (Å²) in [5.41, 5.74) is 2.46. The molecule has 4 aromatic carbocycles. The summed E-state index contributed by atoms with van der Waals surface area (Å²) in [6, 6.07) is 27.8. The third-order valence-electron chi connectivity index (χ3n) is 7.57. The van der Waals surface area contributed by atoms with Crippen LogP contribution < -0.4 is 0 Å². The summed E-state index contributed by atoms with van der Waals surface area (Å²) >= 11 is 0. The minimum atomic E-state index is -4.63. The lowest BCUT2D eigenvalue weighted by Crippen LogP contribution is -2.30. The van der Waals surface area contributed by atoms with Gasteiger partial charge in [-0.2, -0.15) is 13.2 Å². The van der Waals surface area contributed by atoms with Crippen LogP contribution in [0.4, 0.5) is 13.2 Å². The van der Waals surface area contributed by atoms with E-state index in [0.29, 0.717) is 11.1 Å². The molecule has 1 aromatic heterocycles. The fraction of sp³-hybridized carbons (Fsp3) is 0.171. The molecular formula is C35H30F3NO4. The number of rotatable bonds is 8. The van der Waals surface area contributed by atoms with Gasteiger partial charge >= 0.3 is 6.18 Å². The Morgan fingerprint density at radius 3 is 2.28 bits per heavy atom. The third kappa shape index (κ3) is 6.20. The molecule has 0 radical (unpaired) electrons. The Labute approximate surface area is 247 Å². The number of furan rings is 1. The van der Waals surface area contributed by atoms with Crippen LogP contribution in [0.5, 0.6) is 0 Å². The molecule has 0 aliphatic heterocycles. The van der Waals surface area contributed by atoms with Crippen LogP contribution >= 0.6 is 0 Å². The molecule has 220 valence electrons. The molecule has 0 saturated carbocycles. The molecule has 0 bridgehead atoms. The van der Waals surface area contributed by atoms with Crippen LogP contribution in [0, 0.1) is 6.92 Å². The van der Waals surface area contributed by atoms with Crippen LogP contribution in [-0.4, -0.2) is 21.0 Å². The Hall–Kier alpha value is -4.82. The molecule has 0 spiro atoms. The summed E-state index contributed by atoms with van der Waals surface area (Å²) in [5, 5.41) is 22.1. The predicted octanol–water partition coefficient (Wildman–Crippen LogP) is 8.55. The number of aryl methyl sites for hydroxylation is 1. The SMILES string of the molecule is C=C(O)[C@](C)(O)c1cccc(-c2ccc(CN(Cc3ccc(C(F)(F)F)o3)C(=O)c3c(C)ccc4ccccc34)cc2)c1. The lowest BCUT2D eigenvalue weighted by molar-refractivity contribution is -0.153. The van der Waals surface area contributed by atoms with Crippen molar-refractivity contribution >= 4 is 16.7 Å². The van der Waals surface area contributed by atoms with Gasteiger partial charge in [0.1, 0.15) is 17.1 Å². The monoisotopic (exact) mass is 585 g/mol. The molecule has 0 unspecified atom stereocenters. The van der Waals surface area contributed by atoms with Gasteiger partial charge in [0.15, 0.2) is 0 Å². The quantitative estimate of drug-likeness (QED) is 0.179. The van der Waals surface area contributed by atoms with Gasteiger partial charge in [-0.05, 0) is 70.6 Å². The zero-order valence-corrected chi connectivity index (χ0v) is 23.7. The Morgan fingerprint density at radius 2 is 1.60 bits per heavy atom. The first-order valence-electron chi connectivity index (χ1n) is 13.6. The number of halogens is 3. The van der Waals surface area contributed by atoms with Gasteiger partial charge in [0.05, 0.1) is 12.1 Å². The highest BCUT2D eigenvalue weighted by molar-refractivity contribution is 6.08. The summed E-state index contributed by atoms with van der Waals surface area (Å²) in [5.74, 6) is -1.80. The predicted molar refractivity (Wildman–Crippen MR) is 159 cm³/mol. The van der Waals surface area contributed by atoms with Crippen molar-refractivity contribution in [3.05, 3.63) is 143 Å². The minimum Gasteiger partial charge on any atom is -0.510 e. The number of benzene rings is 4. The van der Waals surface area contributed by atoms with E-state index in [2.05, 4.69) is 6.58 Å². The summed E-state index contributed by atoms with van der Waals surface area (Å²) in [4.78, 5) is 15.6. The van der Waals surface area contributed by atoms with Crippen LogP contribution in [0.25, 0.3) is 21.9 Å². The fourth-order valence-corrected chi connectivity index (χ4v) is 5.02. The molecule has 1 amide bonds. The Balaban J connectivity index is 1.48. The van der Waals surface area contributed by atoms with Crippen molar-refractivity contribution in [2.45, 2.75) is 38.7 Å². The summed E-state index contributed by atoms with van der Waals surface area (Å²) in [7, 11) is 0. The molecule has 0 saturated heterocycles. The van der Waals surface area contributed by atoms with Crippen LogP contribution in [0.15, 0.2) is 114 Å². The number of aliphatic hydroxyl groups excluding tert-OH is 1. The second-order valence-electron chi connectivity index (χ2n) is 10.7. The largest absolute Gasteiger partial charge is 0.510 e. The first-order valence-corrected chi connectivity index (χ1v) is 13.6. The van der Waals surface area contributed by atoms with Crippen molar-refractivity contribution in [3.63, 3.8) is 0 Å². The molecule has 43 heavy (non-hydrogen) atoms. The Kier molecular flexibility index (Phi) is 7.90. The van der Waals surface area contributed by atoms with Crippen molar-refractivity contribution in [2.75, 3.05) is 0 Å². The smallest absolute Gasteiger partial charge is 0.449 e. The lowest BCUT2D eigenvalue weighted by atomic mass is 9.91. The molecule has 8 heteroatoms. The maximum absolute atomic E-state index is 14.1. The van der Waals surface area contributed by atoms with E-state index in [1.165, 1.54) is 17.9 Å². The second kappa shape index (κ2) is 11.5. The molecular weight excluding hydrogens is 555 g/mol. The molecule has 0 aliphatic rings. The van der Waals surface area contributed by atoms with E-state index in [-0.39, 0.29) is 30.5 Å². The maximum Gasteiger partial charge on any atom is 0.449 e. The second-order valence-corrected chi connectivity index (χ2v) is 10.7. The van der Waals surface area contributed by atoms with Crippen LogP contribution in [0.1, 0.15) is 45.5 Å². The topological polar surface area (TPSA) is 73.9 Å². The number of carbonyl (C=O) groups excluding carboxylic acids is 1. The van der Waals surface area contributed by atoms with Gasteiger partial charge in [-0.25, -0.2) is 0 Å². The number of alkyl halides is 3.